The SMILES string of the molecule is C=CCN(C)C(=O)N[C@H](C(=O)O)C(C)CC. The second kappa shape index (κ2) is 6.87. The summed E-state index contributed by atoms with van der Waals surface area (Å²) in [5.74, 6) is -1.10. The molecule has 0 aromatic heterocycles. The smallest absolute Gasteiger partial charge is 0.326 e. The molecule has 0 aromatic carbocycles. The van der Waals surface area contributed by atoms with E-state index in [0.29, 0.717) is 13.0 Å². The van der Waals surface area contributed by atoms with E-state index in [-0.39, 0.29) is 5.92 Å². The van der Waals surface area contributed by atoms with Crippen molar-refractivity contribution in [1.82, 2.24) is 10.2 Å². The predicted octanol–water partition coefficient (Wildman–Crippen LogP) is 1.31. The van der Waals surface area contributed by atoms with Crippen molar-refractivity contribution < 1.29 is 14.7 Å². The van der Waals surface area contributed by atoms with Gasteiger partial charge in [-0.05, 0) is 5.92 Å². The number of aliphatic carboxylic acids is 1. The zero-order valence-corrected chi connectivity index (χ0v) is 10.1. The minimum Gasteiger partial charge on any atom is -0.480 e. The van der Waals surface area contributed by atoms with E-state index >= 15 is 0 Å². The molecule has 0 aromatic rings. The molecule has 0 saturated heterocycles. The van der Waals surface area contributed by atoms with Crippen LogP contribution in [0.1, 0.15) is 20.3 Å². The fourth-order valence-corrected chi connectivity index (χ4v) is 1.20. The van der Waals surface area contributed by atoms with Gasteiger partial charge in [0.2, 0.25) is 0 Å². The number of hydrogen-bond donors (Lipinski definition) is 2. The highest BCUT2D eigenvalue weighted by Crippen LogP contribution is 2.08. The summed E-state index contributed by atoms with van der Waals surface area (Å²) in [5, 5.41) is 11.5. The standard InChI is InChI=1S/C11H20N2O3/c1-5-7-13(4)11(16)12-9(10(14)15)8(3)6-2/h5,8-9H,1,6-7H2,2-4H3,(H,12,16)(H,14,15)/t8?,9-/m0/s1. The lowest BCUT2D eigenvalue weighted by molar-refractivity contribution is -0.140. The van der Waals surface area contributed by atoms with E-state index in [1.54, 1.807) is 20.0 Å². The van der Waals surface area contributed by atoms with E-state index < -0.39 is 18.0 Å². The molecule has 0 aliphatic carbocycles. The van der Waals surface area contributed by atoms with Gasteiger partial charge in [0.05, 0.1) is 0 Å². The summed E-state index contributed by atoms with van der Waals surface area (Å²) < 4.78 is 0. The van der Waals surface area contributed by atoms with E-state index in [9.17, 15) is 9.59 Å². The summed E-state index contributed by atoms with van der Waals surface area (Å²) in [7, 11) is 1.59. The van der Waals surface area contributed by atoms with Crippen LogP contribution in [0.15, 0.2) is 12.7 Å². The van der Waals surface area contributed by atoms with Crippen molar-refractivity contribution in [2.75, 3.05) is 13.6 Å². The lowest BCUT2D eigenvalue weighted by Gasteiger charge is -2.23. The second-order valence-corrected chi connectivity index (χ2v) is 3.82. The Morgan fingerprint density at radius 1 is 1.56 bits per heavy atom. The largest absolute Gasteiger partial charge is 0.480 e. The molecule has 2 amide bonds. The summed E-state index contributed by atoms with van der Waals surface area (Å²) >= 11 is 0. The third kappa shape index (κ3) is 4.33. The average Bonchev–Trinajstić information content (AvgIpc) is 2.24. The fraction of sp³-hybridized carbons (Fsp3) is 0.636. The van der Waals surface area contributed by atoms with Gasteiger partial charge in [-0.2, -0.15) is 0 Å². The zero-order chi connectivity index (χ0) is 12.7. The van der Waals surface area contributed by atoms with E-state index in [2.05, 4.69) is 11.9 Å². The van der Waals surface area contributed by atoms with Gasteiger partial charge in [-0.3, -0.25) is 0 Å². The molecule has 0 saturated carbocycles. The predicted molar refractivity (Wildman–Crippen MR) is 62.2 cm³/mol. The number of likely N-dealkylation sites (N-methyl/N-ethyl adjacent to an activating group) is 1. The molecule has 1 unspecified atom stereocenters. The van der Waals surface area contributed by atoms with Gasteiger partial charge in [0.15, 0.2) is 0 Å². The van der Waals surface area contributed by atoms with E-state index in [0.717, 1.165) is 0 Å². The van der Waals surface area contributed by atoms with Crippen LogP contribution in [0, 0.1) is 5.92 Å². The van der Waals surface area contributed by atoms with Crippen LogP contribution in [0.4, 0.5) is 4.79 Å². The molecular formula is C11H20N2O3. The van der Waals surface area contributed by atoms with Gasteiger partial charge in [0.1, 0.15) is 6.04 Å². The number of nitrogens with one attached hydrogen (secondary N) is 1. The lowest BCUT2D eigenvalue weighted by atomic mass is 9.99. The second-order valence-electron chi connectivity index (χ2n) is 3.82. The number of carboxylic acid groups (broad SMARTS) is 1. The molecule has 0 bridgehead atoms. The molecule has 0 aliphatic heterocycles. The maximum Gasteiger partial charge on any atom is 0.326 e. The molecule has 5 heteroatoms. The van der Waals surface area contributed by atoms with Crippen molar-refractivity contribution in [3.63, 3.8) is 0 Å². The Balaban J connectivity index is 4.45. The maximum atomic E-state index is 11.6. The quantitative estimate of drug-likeness (QED) is 0.673. The van der Waals surface area contributed by atoms with Crippen molar-refractivity contribution >= 4 is 12.0 Å². The molecule has 0 aliphatic rings. The van der Waals surface area contributed by atoms with Gasteiger partial charge in [-0.15, -0.1) is 6.58 Å². The number of rotatable bonds is 6. The Morgan fingerprint density at radius 3 is 2.50 bits per heavy atom. The zero-order valence-electron chi connectivity index (χ0n) is 10.1. The third-order valence-electron chi connectivity index (χ3n) is 2.51. The van der Waals surface area contributed by atoms with Crippen LogP contribution in [0.5, 0.6) is 0 Å². The highest BCUT2D eigenvalue weighted by molar-refractivity contribution is 5.82. The van der Waals surface area contributed by atoms with Crippen LogP contribution >= 0.6 is 0 Å². The Labute approximate surface area is 96.1 Å². The number of amides is 2. The summed E-state index contributed by atoms with van der Waals surface area (Å²) in [6.07, 6.45) is 2.28. The minimum absolute atomic E-state index is 0.0985. The van der Waals surface area contributed by atoms with E-state index in [1.165, 1.54) is 4.90 Å². The van der Waals surface area contributed by atoms with Gasteiger partial charge < -0.3 is 15.3 Å². The molecule has 0 heterocycles. The Hall–Kier alpha value is -1.52. The molecule has 92 valence electrons. The van der Waals surface area contributed by atoms with Crippen molar-refractivity contribution in [3.8, 4) is 0 Å². The fourth-order valence-electron chi connectivity index (χ4n) is 1.20. The van der Waals surface area contributed by atoms with Crippen LogP contribution in [0.2, 0.25) is 0 Å². The first-order valence-corrected chi connectivity index (χ1v) is 5.29. The molecule has 0 spiro atoms. The van der Waals surface area contributed by atoms with Crippen LogP contribution < -0.4 is 5.32 Å². The lowest BCUT2D eigenvalue weighted by Crippen LogP contribution is -2.49. The Morgan fingerprint density at radius 2 is 2.12 bits per heavy atom. The molecule has 0 fully saturated rings. The summed E-state index contributed by atoms with van der Waals surface area (Å²) in [5.41, 5.74) is 0. The molecule has 2 atom stereocenters. The number of nitrogens with zero attached hydrogens (tertiary/aromatic N) is 1. The van der Waals surface area contributed by atoms with Gasteiger partial charge in [0, 0.05) is 13.6 Å². The Kier molecular flexibility index (Phi) is 6.22. The average molecular weight is 228 g/mol. The van der Waals surface area contributed by atoms with Crippen molar-refractivity contribution in [2.45, 2.75) is 26.3 Å². The van der Waals surface area contributed by atoms with Crippen molar-refractivity contribution in [3.05, 3.63) is 12.7 Å². The number of carbonyl (C=O) groups is 2. The van der Waals surface area contributed by atoms with Gasteiger partial charge in [-0.1, -0.05) is 26.3 Å². The molecular weight excluding hydrogens is 208 g/mol. The highest BCUT2D eigenvalue weighted by atomic mass is 16.4. The van der Waals surface area contributed by atoms with Crippen LogP contribution in [-0.4, -0.2) is 41.6 Å². The van der Waals surface area contributed by atoms with Crippen LogP contribution in [0.25, 0.3) is 0 Å². The van der Waals surface area contributed by atoms with Gasteiger partial charge in [0.25, 0.3) is 0 Å². The van der Waals surface area contributed by atoms with E-state index in [1.807, 2.05) is 6.92 Å². The van der Waals surface area contributed by atoms with Crippen molar-refractivity contribution in [1.29, 1.82) is 0 Å². The van der Waals surface area contributed by atoms with E-state index in [4.69, 9.17) is 5.11 Å². The number of urea groups is 1. The Bertz CT molecular complexity index is 266. The first-order chi connectivity index (χ1) is 7.43. The van der Waals surface area contributed by atoms with Gasteiger partial charge >= 0.3 is 12.0 Å². The maximum absolute atomic E-state index is 11.6. The summed E-state index contributed by atoms with van der Waals surface area (Å²) in [6, 6.07) is -1.24. The summed E-state index contributed by atoms with van der Waals surface area (Å²) in [6.45, 7) is 7.59. The molecule has 0 radical (unpaired) electrons. The monoisotopic (exact) mass is 228 g/mol. The molecule has 2 N–H and O–H groups in total. The molecule has 16 heavy (non-hydrogen) atoms. The molecule has 5 nitrogen and oxygen atoms in total. The highest BCUT2D eigenvalue weighted by Gasteiger charge is 2.26. The number of carbonyl (C=O) groups excluding carboxylic acids is 1. The third-order valence-corrected chi connectivity index (χ3v) is 2.51. The minimum atomic E-state index is -1.00. The van der Waals surface area contributed by atoms with Gasteiger partial charge in [-0.25, -0.2) is 9.59 Å². The first kappa shape index (κ1) is 14.5. The van der Waals surface area contributed by atoms with Crippen LogP contribution in [-0.2, 0) is 4.79 Å². The first-order valence-electron chi connectivity index (χ1n) is 5.29. The number of hydrogen-bond acceptors (Lipinski definition) is 2. The summed E-state index contributed by atoms with van der Waals surface area (Å²) in [4.78, 5) is 23.9. The topological polar surface area (TPSA) is 69.6 Å². The number of carboxylic acids is 1. The molecule has 0 rings (SSSR count). The van der Waals surface area contributed by atoms with Crippen molar-refractivity contribution in [2.24, 2.45) is 5.92 Å². The van der Waals surface area contributed by atoms with Crippen LogP contribution in [0.3, 0.4) is 0 Å². The normalized spacial score (nSPS) is 13.7.